The number of nitrogens with zero attached hydrogens (tertiary/aromatic N) is 1. The van der Waals surface area contributed by atoms with Crippen molar-refractivity contribution in [2.24, 2.45) is 0 Å². The highest BCUT2D eigenvalue weighted by molar-refractivity contribution is 7.89. The molecule has 4 nitrogen and oxygen atoms in total. The van der Waals surface area contributed by atoms with E-state index in [4.69, 9.17) is 16.3 Å². The van der Waals surface area contributed by atoms with Gasteiger partial charge in [-0.1, -0.05) is 17.7 Å². The van der Waals surface area contributed by atoms with Crippen molar-refractivity contribution >= 4 is 21.6 Å². The molecule has 0 saturated carbocycles. The van der Waals surface area contributed by atoms with Gasteiger partial charge in [0.1, 0.15) is 5.75 Å². The summed E-state index contributed by atoms with van der Waals surface area (Å²) in [5.74, 6) is 0.799. The first-order valence-corrected chi connectivity index (χ1v) is 8.74. The molecule has 1 aliphatic rings. The number of hydrogen-bond donors (Lipinski definition) is 0. The summed E-state index contributed by atoms with van der Waals surface area (Å²) in [5, 5.41) is 0.523. The van der Waals surface area contributed by atoms with Crippen molar-refractivity contribution < 1.29 is 13.2 Å². The van der Waals surface area contributed by atoms with Crippen LogP contribution >= 0.6 is 11.6 Å². The van der Waals surface area contributed by atoms with Crippen molar-refractivity contribution in [2.75, 3.05) is 13.7 Å². The fourth-order valence-electron chi connectivity index (χ4n) is 2.59. The van der Waals surface area contributed by atoms with E-state index in [-0.39, 0.29) is 4.90 Å². The van der Waals surface area contributed by atoms with Crippen LogP contribution in [0.1, 0.15) is 11.1 Å². The average Bonchev–Trinajstić information content (AvgIpc) is 2.54. The zero-order valence-electron chi connectivity index (χ0n) is 12.1. The lowest BCUT2D eigenvalue weighted by Crippen LogP contribution is -2.35. The monoisotopic (exact) mass is 337 g/mol. The first kappa shape index (κ1) is 15.3. The Hall–Kier alpha value is -1.56. The smallest absolute Gasteiger partial charge is 0.243 e. The summed E-state index contributed by atoms with van der Waals surface area (Å²) in [6, 6.07) is 12.0. The van der Waals surface area contributed by atoms with Crippen LogP contribution in [0.5, 0.6) is 5.75 Å². The van der Waals surface area contributed by atoms with Crippen molar-refractivity contribution in [3.05, 3.63) is 58.6 Å². The van der Waals surface area contributed by atoms with Crippen LogP contribution in [0.3, 0.4) is 0 Å². The van der Waals surface area contributed by atoms with Gasteiger partial charge in [0.2, 0.25) is 10.0 Å². The molecular formula is C16H16ClNO3S. The van der Waals surface area contributed by atoms with Gasteiger partial charge in [-0.25, -0.2) is 8.42 Å². The van der Waals surface area contributed by atoms with Gasteiger partial charge >= 0.3 is 0 Å². The van der Waals surface area contributed by atoms with E-state index in [0.29, 0.717) is 24.5 Å². The molecule has 6 heteroatoms. The Kier molecular flexibility index (Phi) is 4.12. The Labute approximate surface area is 135 Å². The van der Waals surface area contributed by atoms with Crippen molar-refractivity contribution in [1.82, 2.24) is 4.31 Å². The predicted octanol–water partition coefficient (Wildman–Crippen LogP) is 3.10. The normalized spacial score (nSPS) is 15.4. The van der Waals surface area contributed by atoms with Crippen molar-refractivity contribution in [2.45, 2.75) is 17.9 Å². The lowest BCUT2D eigenvalue weighted by Gasteiger charge is -2.28. The minimum absolute atomic E-state index is 0.272. The summed E-state index contributed by atoms with van der Waals surface area (Å²) < 4.78 is 32.1. The second kappa shape index (κ2) is 5.91. The van der Waals surface area contributed by atoms with Crippen LogP contribution in [-0.2, 0) is 23.0 Å². The quantitative estimate of drug-likeness (QED) is 0.864. The third-order valence-corrected chi connectivity index (χ3v) is 5.95. The van der Waals surface area contributed by atoms with E-state index in [1.54, 1.807) is 31.4 Å². The molecule has 0 aromatic heterocycles. The summed E-state index contributed by atoms with van der Waals surface area (Å²) in [6.45, 7) is 0.843. The summed E-state index contributed by atoms with van der Waals surface area (Å²) in [4.78, 5) is 0.272. The van der Waals surface area contributed by atoms with Crippen LogP contribution in [0.25, 0.3) is 0 Å². The topological polar surface area (TPSA) is 46.6 Å². The molecule has 0 fully saturated rings. The summed E-state index contributed by atoms with van der Waals surface area (Å²) in [6.07, 6.45) is 0.680. The molecule has 0 atom stereocenters. The number of sulfonamides is 1. The number of benzene rings is 2. The fraction of sp³-hybridized carbons (Fsp3) is 0.250. The van der Waals surface area contributed by atoms with Gasteiger partial charge in [0, 0.05) is 18.1 Å². The van der Waals surface area contributed by atoms with E-state index in [9.17, 15) is 8.42 Å². The van der Waals surface area contributed by atoms with Crippen LogP contribution in [0.4, 0.5) is 0 Å². The molecule has 2 aromatic rings. The van der Waals surface area contributed by atoms with Gasteiger partial charge in [0.25, 0.3) is 0 Å². The summed E-state index contributed by atoms with van der Waals surface area (Å²) in [7, 11) is -1.87. The van der Waals surface area contributed by atoms with Gasteiger partial charge in [0.15, 0.2) is 0 Å². The van der Waals surface area contributed by atoms with E-state index in [0.717, 1.165) is 16.9 Å². The third-order valence-electron chi connectivity index (χ3n) is 3.84. The fourth-order valence-corrected chi connectivity index (χ4v) is 4.14. The molecule has 0 radical (unpaired) electrons. The summed E-state index contributed by atoms with van der Waals surface area (Å²) in [5.41, 5.74) is 2.16. The van der Waals surface area contributed by atoms with Crippen LogP contribution in [0.15, 0.2) is 47.4 Å². The molecule has 3 rings (SSSR count). The first-order chi connectivity index (χ1) is 10.5. The van der Waals surface area contributed by atoms with Crippen molar-refractivity contribution in [1.29, 1.82) is 0 Å². The molecule has 1 aliphatic heterocycles. The Morgan fingerprint density at radius 2 is 1.82 bits per heavy atom. The number of methoxy groups -OCH3 is 1. The third kappa shape index (κ3) is 2.84. The first-order valence-electron chi connectivity index (χ1n) is 6.92. The second-order valence-electron chi connectivity index (χ2n) is 5.18. The number of rotatable bonds is 3. The Morgan fingerprint density at radius 3 is 2.50 bits per heavy atom. The zero-order chi connectivity index (χ0) is 15.7. The van der Waals surface area contributed by atoms with E-state index in [2.05, 4.69) is 0 Å². The Bertz CT molecular complexity index is 788. The van der Waals surface area contributed by atoms with Crippen LogP contribution < -0.4 is 4.74 Å². The Balaban J connectivity index is 1.89. The van der Waals surface area contributed by atoms with E-state index in [1.165, 1.54) is 4.31 Å². The van der Waals surface area contributed by atoms with Crippen LogP contribution in [-0.4, -0.2) is 26.4 Å². The van der Waals surface area contributed by atoms with Gasteiger partial charge in [-0.15, -0.1) is 0 Å². The minimum atomic E-state index is -3.49. The maximum atomic E-state index is 12.7. The predicted molar refractivity (Wildman–Crippen MR) is 85.7 cm³/mol. The lowest BCUT2D eigenvalue weighted by molar-refractivity contribution is 0.386. The average molecular weight is 338 g/mol. The highest BCUT2D eigenvalue weighted by Crippen LogP contribution is 2.27. The number of halogens is 1. The molecule has 2 aromatic carbocycles. The van der Waals surface area contributed by atoms with Crippen LogP contribution in [0.2, 0.25) is 5.02 Å². The number of ether oxygens (including phenoxy) is 1. The summed E-state index contributed by atoms with van der Waals surface area (Å²) >= 11 is 5.82. The number of fused-ring (bicyclic) bond motifs is 1. The largest absolute Gasteiger partial charge is 0.497 e. The molecular weight excluding hydrogens is 322 g/mol. The van der Waals surface area contributed by atoms with Gasteiger partial charge in [-0.05, 0) is 53.9 Å². The van der Waals surface area contributed by atoms with Crippen molar-refractivity contribution in [3.63, 3.8) is 0 Å². The molecule has 0 saturated heterocycles. The molecule has 0 unspecified atom stereocenters. The molecule has 0 aliphatic carbocycles. The maximum absolute atomic E-state index is 12.7. The second-order valence-corrected chi connectivity index (χ2v) is 7.55. The Morgan fingerprint density at radius 1 is 1.09 bits per heavy atom. The van der Waals surface area contributed by atoms with Crippen LogP contribution in [0, 0.1) is 0 Å². The van der Waals surface area contributed by atoms with E-state index in [1.807, 2.05) is 18.2 Å². The highest BCUT2D eigenvalue weighted by Gasteiger charge is 2.28. The maximum Gasteiger partial charge on any atom is 0.243 e. The van der Waals surface area contributed by atoms with Gasteiger partial charge in [0.05, 0.1) is 12.0 Å². The number of hydrogen-bond acceptors (Lipinski definition) is 3. The molecule has 0 N–H and O–H groups in total. The molecule has 0 bridgehead atoms. The van der Waals surface area contributed by atoms with E-state index < -0.39 is 10.0 Å². The van der Waals surface area contributed by atoms with Crippen molar-refractivity contribution in [3.8, 4) is 5.75 Å². The molecule has 1 heterocycles. The minimum Gasteiger partial charge on any atom is -0.497 e. The van der Waals surface area contributed by atoms with Gasteiger partial charge in [-0.2, -0.15) is 4.31 Å². The SMILES string of the molecule is COc1ccc2c(c1)CCN(S(=O)(=O)c1ccc(Cl)cc1)C2. The van der Waals surface area contributed by atoms with Gasteiger partial charge < -0.3 is 4.74 Å². The van der Waals surface area contributed by atoms with Gasteiger partial charge in [-0.3, -0.25) is 0 Å². The molecule has 0 spiro atoms. The lowest BCUT2D eigenvalue weighted by atomic mass is 10.0. The zero-order valence-corrected chi connectivity index (χ0v) is 13.7. The highest BCUT2D eigenvalue weighted by atomic mass is 35.5. The molecule has 22 heavy (non-hydrogen) atoms. The molecule has 116 valence electrons. The standard InChI is InChI=1S/C16H16ClNO3S/c1-21-15-5-2-13-11-18(9-8-12(13)10-15)22(19,20)16-6-3-14(17)4-7-16/h2-7,10H,8-9,11H2,1H3. The molecule has 0 amide bonds. The van der Waals surface area contributed by atoms with E-state index >= 15 is 0 Å².